The summed E-state index contributed by atoms with van der Waals surface area (Å²) in [5.41, 5.74) is 3.58. The molecule has 0 radical (unpaired) electrons. The molecule has 3 aromatic rings. The molecule has 0 bridgehead atoms. The van der Waals surface area contributed by atoms with E-state index < -0.39 is 0 Å². The molecule has 0 atom stereocenters. The molecule has 2 aliphatic heterocycles. The number of hydrogen-bond acceptors (Lipinski definition) is 8. The van der Waals surface area contributed by atoms with E-state index in [0.29, 0.717) is 36.0 Å². The molecule has 0 saturated heterocycles. The minimum atomic E-state index is -0.312. The number of rotatable bonds is 2. The fourth-order valence-corrected chi connectivity index (χ4v) is 5.08. The number of hydrogen-bond donors (Lipinski definition) is 2. The van der Waals surface area contributed by atoms with Crippen LogP contribution >= 0.6 is 11.3 Å². The van der Waals surface area contributed by atoms with Gasteiger partial charge in [0.1, 0.15) is 35.4 Å². The molecule has 168 valence electrons. The summed E-state index contributed by atoms with van der Waals surface area (Å²) in [5.74, 6) is 6.77. The van der Waals surface area contributed by atoms with Crippen LogP contribution in [0.2, 0.25) is 0 Å². The average molecular weight is 462 g/mol. The van der Waals surface area contributed by atoms with Crippen molar-refractivity contribution in [2.24, 2.45) is 0 Å². The number of nitrogens with one attached hydrogen (secondary N) is 1. The molecule has 2 N–H and O–H groups in total. The summed E-state index contributed by atoms with van der Waals surface area (Å²) in [7, 11) is 0. The molecule has 1 aromatic carbocycles. The highest BCUT2D eigenvalue weighted by Crippen LogP contribution is 2.42. The van der Waals surface area contributed by atoms with Gasteiger partial charge in [-0.1, -0.05) is 17.3 Å². The van der Waals surface area contributed by atoms with E-state index >= 15 is 0 Å². The van der Waals surface area contributed by atoms with Gasteiger partial charge in [0, 0.05) is 17.5 Å². The molecule has 33 heavy (non-hydrogen) atoms. The van der Waals surface area contributed by atoms with Crippen molar-refractivity contribution in [1.29, 1.82) is 0 Å². The lowest BCUT2D eigenvalue weighted by molar-refractivity contribution is 0.0901. The number of aliphatic hydroxyl groups excluding tert-OH is 1. The molecule has 9 heteroatoms. The molecule has 1 amide bonds. The second kappa shape index (κ2) is 8.14. The number of benzene rings is 1. The van der Waals surface area contributed by atoms with E-state index in [1.807, 2.05) is 39.0 Å². The largest absolute Gasteiger partial charge is 0.490 e. The Bertz CT molecular complexity index is 1320. The lowest BCUT2D eigenvalue weighted by atomic mass is 9.94. The van der Waals surface area contributed by atoms with Gasteiger partial charge in [-0.25, -0.2) is 15.0 Å². The number of amides is 1. The van der Waals surface area contributed by atoms with Crippen LogP contribution in [0.15, 0.2) is 24.3 Å². The predicted octanol–water partition coefficient (Wildman–Crippen LogP) is 2.85. The highest BCUT2D eigenvalue weighted by atomic mass is 32.1. The Kier molecular flexibility index (Phi) is 5.27. The van der Waals surface area contributed by atoms with Crippen LogP contribution in [0.25, 0.3) is 11.3 Å². The Hall–Kier alpha value is -3.48. The number of fused-ring (bicyclic) bond motifs is 2. The quantitative estimate of drug-likeness (QED) is 0.566. The van der Waals surface area contributed by atoms with E-state index in [-0.39, 0.29) is 18.1 Å². The monoisotopic (exact) mass is 461 g/mol. The van der Waals surface area contributed by atoms with Crippen LogP contribution in [0.1, 0.15) is 40.7 Å². The van der Waals surface area contributed by atoms with Crippen LogP contribution in [0.5, 0.6) is 5.75 Å². The molecule has 8 nitrogen and oxygen atoms in total. The van der Waals surface area contributed by atoms with Gasteiger partial charge in [0.2, 0.25) is 0 Å². The lowest BCUT2D eigenvalue weighted by Gasteiger charge is -2.29. The maximum absolute atomic E-state index is 12.6. The maximum atomic E-state index is 12.6. The first-order valence-electron chi connectivity index (χ1n) is 10.7. The van der Waals surface area contributed by atoms with Crippen molar-refractivity contribution in [2.45, 2.75) is 32.7 Å². The van der Waals surface area contributed by atoms with Gasteiger partial charge >= 0.3 is 0 Å². The van der Waals surface area contributed by atoms with Gasteiger partial charge in [-0.15, -0.1) is 0 Å². The van der Waals surface area contributed by atoms with Crippen molar-refractivity contribution >= 4 is 28.1 Å². The predicted molar refractivity (Wildman–Crippen MR) is 126 cm³/mol. The second-order valence-electron chi connectivity index (χ2n) is 8.62. The summed E-state index contributed by atoms with van der Waals surface area (Å²) in [6.07, 6.45) is 0.694. The van der Waals surface area contributed by atoms with Gasteiger partial charge in [-0.2, -0.15) is 0 Å². The third-order valence-electron chi connectivity index (χ3n) is 5.44. The van der Waals surface area contributed by atoms with E-state index in [1.165, 1.54) is 11.3 Å². The Labute approximate surface area is 195 Å². The third-order valence-corrected chi connectivity index (χ3v) is 6.56. The van der Waals surface area contributed by atoms with E-state index in [4.69, 9.17) is 14.8 Å². The number of ether oxygens (including phenoxy) is 1. The molecule has 0 fully saturated rings. The molecule has 2 aliphatic rings. The number of nitrogens with zero attached hydrogens (tertiary/aromatic N) is 4. The van der Waals surface area contributed by atoms with Crippen LogP contribution < -0.4 is 15.0 Å². The maximum Gasteiger partial charge on any atom is 0.263 e. The van der Waals surface area contributed by atoms with E-state index in [0.717, 1.165) is 33.5 Å². The number of carbonyl (C=O) groups excluding carboxylic acids is 1. The summed E-state index contributed by atoms with van der Waals surface area (Å²) in [6, 6.07) is 7.71. The van der Waals surface area contributed by atoms with Gasteiger partial charge < -0.3 is 20.1 Å². The summed E-state index contributed by atoms with van der Waals surface area (Å²) in [4.78, 5) is 29.1. The van der Waals surface area contributed by atoms with E-state index in [9.17, 15) is 4.79 Å². The number of carbonyl (C=O) groups is 1. The smallest absolute Gasteiger partial charge is 0.263 e. The first-order chi connectivity index (χ1) is 15.8. The number of anilines is 2. The molecule has 5 rings (SSSR count). The summed E-state index contributed by atoms with van der Waals surface area (Å²) < 4.78 is 5.90. The standard InChI is InChI=1S/C24H23N5O3S/c1-14-25-16(5-4-9-30)12-17(26-14)15-6-7-20-19(11-15)29(8-10-32-20)23-27-18-13-24(2,3)28-22(31)21(18)33-23/h6-7,11-12,30H,8-10,13H2,1-3H3,(H,28,31). The highest BCUT2D eigenvalue weighted by Gasteiger charge is 2.34. The first-order valence-corrected chi connectivity index (χ1v) is 11.5. The van der Waals surface area contributed by atoms with Crippen LogP contribution in [0.3, 0.4) is 0 Å². The summed E-state index contributed by atoms with van der Waals surface area (Å²) >= 11 is 1.41. The molecule has 0 spiro atoms. The van der Waals surface area contributed by atoms with Gasteiger partial charge in [-0.05, 0) is 51.0 Å². The molecule has 0 unspecified atom stereocenters. The minimum Gasteiger partial charge on any atom is -0.490 e. The van der Waals surface area contributed by atoms with Gasteiger partial charge in [0.25, 0.3) is 5.91 Å². The molecule has 2 aromatic heterocycles. The summed E-state index contributed by atoms with van der Waals surface area (Å²) in [5, 5.41) is 12.8. The molecule has 4 heterocycles. The van der Waals surface area contributed by atoms with Crippen molar-refractivity contribution < 1.29 is 14.6 Å². The van der Waals surface area contributed by atoms with Crippen molar-refractivity contribution in [2.75, 3.05) is 24.7 Å². The molecule has 0 aliphatic carbocycles. The number of thiazole rings is 1. The minimum absolute atomic E-state index is 0.0692. The number of aliphatic hydroxyl groups is 1. The lowest BCUT2D eigenvalue weighted by Crippen LogP contribution is -2.48. The number of aromatic nitrogens is 3. The van der Waals surface area contributed by atoms with Crippen molar-refractivity contribution in [3.8, 4) is 28.8 Å². The zero-order valence-electron chi connectivity index (χ0n) is 18.6. The van der Waals surface area contributed by atoms with E-state index in [2.05, 4.69) is 32.0 Å². The Morgan fingerprint density at radius 1 is 1.27 bits per heavy atom. The van der Waals surface area contributed by atoms with Gasteiger partial charge in [0.15, 0.2) is 5.13 Å². The highest BCUT2D eigenvalue weighted by molar-refractivity contribution is 7.17. The Morgan fingerprint density at radius 2 is 2.12 bits per heavy atom. The second-order valence-corrected chi connectivity index (χ2v) is 9.59. The van der Waals surface area contributed by atoms with Crippen LogP contribution in [0.4, 0.5) is 10.8 Å². The zero-order chi connectivity index (χ0) is 23.2. The normalized spacial score (nSPS) is 16.1. The fraction of sp³-hybridized carbons (Fsp3) is 0.333. The van der Waals surface area contributed by atoms with E-state index in [1.54, 1.807) is 6.07 Å². The third kappa shape index (κ3) is 4.15. The number of aryl methyl sites for hydroxylation is 1. The summed E-state index contributed by atoms with van der Waals surface area (Å²) in [6.45, 7) is 6.76. The van der Waals surface area contributed by atoms with Gasteiger partial charge in [-0.3, -0.25) is 4.79 Å². The topological polar surface area (TPSA) is 100 Å². The molecular weight excluding hydrogens is 438 g/mol. The van der Waals surface area contributed by atoms with Crippen molar-refractivity contribution in [3.05, 3.63) is 46.4 Å². The SMILES string of the molecule is Cc1nc(C#CCO)cc(-c2ccc3c(c2)N(c2nc4c(s2)C(=O)NC(C)(C)C4)CCO3)n1. The molecule has 0 saturated carbocycles. The zero-order valence-corrected chi connectivity index (χ0v) is 19.4. The Morgan fingerprint density at radius 3 is 2.94 bits per heavy atom. The van der Waals surface area contributed by atoms with Crippen LogP contribution in [-0.2, 0) is 6.42 Å². The van der Waals surface area contributed by atoms with Crippen LogP contribution in [0, 0.1) is 18.8 Å². The first kappa shape index (κ1) is 21.4. The van der Waals surface area contributed by atoms with Gasteiger partial charge in [0.05, 0.1) is 23.6 Å². The van der Waals surface area contributed by atoms with Crippen LogP contribution in [-0.4, -0.2) is 51.3 Å². The average Bonchev–Trinajstić information content (AvgIpc) is 3.19. The fourth-order valence-electron chi connectivity index (χ4n) is 4.06. The van der Waals surface area contributed by atoms with Crippen molar-refractivity contribution in [1.82, 2.24) is 20.3 Å². The molecular formula is C24H23N5O3S. The van der Waals surface area contributed by atoms with Crippen molar-refractivity contribution in [3.63, 3.8) is 0 Å². The Balaban J connectivity index is 1.55.